The lowest BCUT2D eigenvalue weighted by atomic mass is 9.80. The number of Topliss-reactive ketones (excluding diaryl/α,β-unsaturated/α-hetero) is 1. The molecule has 0 spiro atoms. The van der Waals surface area contributed by atoms with Crippen LogP contribution in [0.15, 0.2) is 17.4 Å². The molecule has 0 saturated carbocycles. The van der Waals surface area contributed by atoms with Crippen LogP contribution in [-0.2, 0) is 14.3 Å². The van der Waals surface area contributed by atoms with E-state index in [2.05, 4.69) is 4.74 Å². The molecular formula is C19H24O8. The van der Waals surface area contributed by atoms with Crippen molar-refractivity contribution >= 4 is 11.8 Å². The van der Waals surface area contributed by atoms with E-state index in [9.17, 15) is 24.9 Å². The van der Waals surface area contributed by atoms with Gasteiger partial charge in [0, 0.05) is 18.2 Å². The zero-order valence-corrected chi connectivity index (χ0v) is 16.1. The molecule has 0 heterocycles. The van der Waals surface area contributed by atoms with Crippen molar-refractivity contribution in [3.05, 3.63) is 34.1 Å². The first kappa shape index (κ1) is 20.9. The molecular weight excluding hydrogens is 356 g/mol. The molecule has 0 fully saturated rings. The molecule has 8 nitrogen and oxygen atoms in total. The summed E-state index contributed by atoms with van der Waals surface area (Å²) in [7, 11) is 2.47. The van der Waals surface area contributed by atoms with Crippen molar-refractivity contribution in [3.63, 3.8) is 0 Å². The van der Waals surface area contributed by atoms with E-state index in [1.165, 1.54) is 41.1 Å². The molecule has 1 aromatic carbocycles. The Kier molecular flexibility index (Phi) is 5.65. The Morgan fingerprint density at radius 2 is 1.74 bits per heavy atom. The smallest absolute Gasteiger partial charge is 0.341 e. The number of carbonyl (C=O) groups excluding carboxylic acids is 2. The molecule has 27 heavy (non-hydrogen) atoms. The number of aromatic hydroxyl groups is 1. The molecule has 1 aliphatic rings. The van der Waals surface area contributed by atoms with Crippen LogP contribution in [0, 0.1) is 13.8 Å². The molecule has 0 amide bonds. The van der Waals surface area contributed by atoms with E-state index in [-0.39, 0.29) is 34.0 Å². The molecule has 0 saturated heterocycles. The van der Waals surface area contributed by atoms with Gasteiger partial charge in [0.1, 0.15) is 40.6 Å². The Morgan fingerprint density at radius 1 is 1.15 bits per heavy atom. The number of carbonyl (C=O) groups is 2. The molecule has 0 bridgehead atoms. The number of aliphatic hydroxyl groups excluding tert-OH is 2. The highest BCUT2D eigenvalue weighted by Gasteiger charge is 2.52. The van der Waals surface area contributed by atoms with E-state index >= 15 is 0 Å². The lowest BCUT2D eigenvalue weighted by Gasteiger charge is -2.41. The van der Waals surface area contributed by atoms with Crippen molar-refractivity contribution < 1.29 is 39.1 Å². The number of methoxy groups -OCH3 is 2. The standard InChI is InChI=1S/C19H24O8/c1-8-7-11(9(2)13(20)12(8)18(24)25-5)27-15-10(3)14(21)16(22)19(4,26-6)17(15)23/h7,16-17,20,22-23H,1-6H3/t16-,17+,19+/m0/s1. The lowest BCUT2D eigenvalue weighted by molar-refractivity contribution is -0.170. The van der Waals surface area contributed by atoms with Gasteiger partial charge in [-0.15, -0.1) is 0 Å². The maximum atomic E-state index is 12.4. The van der Waals surface area contributed by atoms with Crippen molar-refractivity contribution in [2.45, 2.75) is 45.5 Å². The zero-order valence-electron chi connectivity index (χ0n) is 16.1. The Morgan fingerprint density at radius 3 is 2.26 bits per heavy atom. The first-order valence-corrected chi connectivity index (χ1v) is 8.26. The minimum absolute atomic E-state index is 0.00507. The maximum absolute atomic E-state index is 12.4. The topological polar surface area (TPSA) is 123 Å². The summed E-state index contributed by atoms with van der Waals surface area (Å²) in [5.41, 5.74) is -0.928. The Bertz CT molecular complexity index is 825. The third-order valence-corrected chi connectivity index (χ3v) is 5.07. The number of hydrogen-bond donors (Lipinski definition) is 3. The number of ether oxygens (including phenoxy) is 3. The number of ketones is 1. The third kappa shape index (κ3) is 3.20. The molecule has 8 heteroatoms. The molecule has 0 aliphatic heterocycles. The van der Waals surface area contributed by atoms with Crippen molar-refractivity contribution in [3.8, 4) is 11.5 Å². The molecule has 1 aromatic rings. The van der Waals surface area contributed by atoms with Crippen LogP contribution in [0.25, 0.3) is 0 Å². The summed E-state index contributed by atoms with van der Waals surface area (Å²) in [5, 5.41) is 31.2. The van der Waals surface area contributed by atoms with E-state index in [1.54, 1.807) is 6.92 Å². The monoisotopic (exact) mass is 380 g/mol. The average Bonchev–Trinajstić information content (AvgIpc) is 2.65. The Balaban J connectivity index is 2.56. The molecule has 0 unspecified atom stereocenters. The number of phenols is 1. The quantitative estimate of drug-likeness (QED) is 0.665. The molecule has 0 aromatic heterocycles. The van der Waals surface area contributed by atoms with E-state index in [4.69, 9.17) is 9.47 Å². The van der Waals surface area contributed by atoms with Gasteiger partial charge in [-0.05, 0) is 39.3 Å². The van der Waals surface area contributed by atoms with Gasteiger partial charge in [-0.2, -0.15) is 0 Å². The number of phenolic OH excluding ortho intramolecular Hbond substituents is 1. The highest BCUT2D eigenvalue weighted by molar-refractivity contribution is 6.01. The molecule has 2 rings (SSSR count). The minimum Gasteiger partial charge on any atom is -0.507 e. The fourth-order valence-electron chi connectivity index (χ4n) is 3.01. The first-order valence-electron chi connectivity index (χ1n) is 8.26. The number of aliphatic hydroxyl groups is 2. The van der Waals surface area contributed by atoms with Crippen LogP contribution in [-0.4, -0.2) is 59.1 Å². The maximum Gasteiger partial charge on any atom is 0.341 e. The van der Waals surface area contributed by atoms with Gasteiger partial charge in [0.25, 0.3) is 0 Å². The molecule has 148 valence electrons. The fraction of sp³-hybridized carbons (Fsp3) is 0.474. The highest BCUT2D eigenvalue weighted by atomic mass is 16.5. The predicted octanol–water partition coefficient (Wildman–Crippen LogP) is 1.16. The molecule has 1 aliphatic carbocycles. The summed E-state index contributed by atoms with van der Waals surface area (Å²) in [6.07, 6.45) is -2.99. The largest absolute Gasteiger partial charge is 0.507 e. The SMILES string of the molecule is COC(=O)c1c(C)cc(OC2=C(C)C(=O)[C@H](O)[C@@](C)(OC)[C@@H]2O)c(C)c1O. The molecule has 0 radical (unpaired) electrons. The first-order chi connectivity index (χ1) is 12.5. The second kappa shape index (κ2) is 7.30. The van der Waals surface area contributed by atoms with Gasteiger partial charge in [0.05, 0.1) is 7.11 Å². The van der Waals surface area contributed by atoms with Gasteiger partial charge in [0.2, 0.25) is 0 Å². The van der Waals surface area contributed by atoms with Gasteiger partial charge in [-0.3, -0.25) is 4.79 Å². The van der Waals surface area contributed by atoms with Crippen LogP contribution in [0.4, 0.5) is 0 Å². The van der Waals surface area contributed by atoms with Gasteiger partial charge in [-0.1, -0.05) is 0 Å². The van der Waals surface area contributed by atoms with Crippen LogP contribution < -0.4 is 4.74 Å². The van der Waals surface area contributed by atoms with Crippen LogP contribution in [0.3, 0.4) is 0 Å². The van der Waals surface area contributed by atoms with Crippen LogP contribution in [0.1, 0.15) is 35.3 Å². The van der Waals surface area contributed by atoms with Gasteiger partial charge < -0.3 is 29.5 Å². The summed E-state index contributed by atoms with van der Waals surface area (Å²) < 4.78 is 15.6. The van der Waals surface area contributed by atoms with Crippen molar-refractivity contribution in [1.82, 2.24) is 0 Å². The Labute approximate surface area is 157 Å². The molecule has 3 atom stereocenters. The third-order valence-electron chi connectivity index (χ3n) is 5.07. The van der Waals surface area contributed by atoms with Gasteiger partial charge in [0.15, 0.2) is 5.78 Å². The number of benzene rings is 1. The van der Waals surface area contributed by atoms with Crippen LogP contribution in [0.2, 0.25) is 0 Å². The van der Waals surface area contributed by atoms with Gasteiger partial charge >= 0.3 is 5.97 Å². The predicted molar refractivity (Wildman–Crippen MR) is 94.7 cm³/mol. The highest BCUT2D eigenvalue weighted by Crippen LogP contribution is 2.39. The fourth-order valence-corrected chi connectivity index (χ4v) is 3.01. The van der Waals surface area contributed by atoms with Crippen molar-refractivity contribution in [2.24, 2.45) is 0 Å². The van der Waals surface area contributed by atoms with Crippen LogP contribution in [0.5, 0.6) is 11.5 Å². The van der Waals surface area contributed by atoms with E-state index in [0.717, 1.165) is 0 Å². The number of esters is 1. The second-order valence-corrected chi connectivity index (χ2v) is 6.68. The van der Waals surface area contributed by atoms with Crippen molar-refractivity contribution in [1.29, 1.82) is 0 Å². The zero-order chi connectivity index (χ0) is 20.7. The average molecular weight is 380 g/mol. The van der Waals surface area contributed by atoms with Crippen LogP contribution >= 0.6 is 0 Å². The summed E-state index contributed by atoms with van der Waals surface area (Å²) in [5.74, 6) is -1.60. The van der Waals surface area contributed by atoms with E-state index in [0.29, 0.717) is 5.56 Å². The normalized spacial score (nSPS) is 25.6. The summed E-state index contributed by atoms with van der Waals surface area (Å²) in [4.78, 5) is 24.2. The van der Waals surface area contributed by atoms with E-state index < -0.39 is 29.6 Å². The number of hydrogen-bond acceptors (Lipinski definition) is 8. The minimum atomic E-state index is -1.59. The Hall–Kier alpha value is -2.42. The summed E-state index contributed by atoms with van der Waals surface area (Å²) >= 11 is 0. The number of rotatable bonds is 4. The molecule has 3 N–H and O–H groups in total. The number of aryl methyl sites for hydroxylation is 1. The van der Waals surface area contributed by atoms with Gasteiger partial charge in [-0.25, -0.2) is 4.79 Å². The lowest BCUT2D eigenvalue weighted by Crippen LogP contribution is -2.59. The second-order valence-electron chi connectivity index (χ2n) is 6.68. The summed E-state index contributed by atoms with van der Waals surface area (Å²) in [6.45, 7) is 5.93. The van der Waals surface area contributed by atoms with Crippen molar-refractivity contribution in [2.75, 3.05) is 14.2 Å². The van der Waals surface area contributed by atoms with E-state index in [1.807, 2.05) is 0 Å². The summed E-state index contributed by atoms with van der Waals surface area (Å²) in [6, 6.07) is 1.49.